The molecule has 6 heteroatoms. The number of benzene rings is 1. The zero-order valence-corrected chi connectivity index (χ0v) is 18.4. The monoisotopic (exact) mass is 423 g/mol. The summed E-state index contributed by atoms with van der Waals surface area (Å²) in [5.74, 6) is 0.564. The molecule has 1 heterocycles. The molecule has 1 amide bonds. The lowest BCUT2D eigenvalue weighted by atomic mass is 9.81. The topological polar surface area (TPSA) is 78.5 Å². The number of rotatable bonds is 7. The summed E-state index contributed by atoms with van der Waals surface area (Å²) in [6.45, 7) is 4.53. The van der Waals surface area contributed by atoms with Gasteiger partial charge in [-0.1, -0.05) is 19.1 Å². The predicted molar refractivity (Wildman–Crippen MR) is 126 cm³/mol. The summed E-state index contributed by atoms with van der Waals surface area (Å²) in [6.07, 6.45) is 7.95. The molecule has 166 valence electrons. The van der Waals surface area contributed by atoms with E-state index in [1.165, 1.54) is 12.0 Å². The molecule has 0 spiro atoms. The summed E-state index contributed by atoms with van der Waals surface area (Å²) in [7, 11) is 0. The molecule has 0 atom stereocenters. The van der Waals surface area contributed by atoms with Gasteiger partial charge in [-0.05, 0) is 75.0 Å². The van der Waals surface area contributed by atoms with Crippen LogP contribution in [0, 0.1) is 11.8 Å². The van der Waals surface area contributed by atoms with Crippen LogP contribution >= 0.6 is 0 Å². The van der Waals surface area contributed by atoms with Crippen molar-refractivity contribution in [3.8, 4) is 0 Å². The van der Waals surface area contributed by atoms with E-state index in [-0.39, 0.29) is 22.7 Å². The Balaban J connectivity index is 1.25. The lowest BCUT2D eigenvalue weighted by Gasteiger charge is -2.32. The highest BCUT2D eigenvalue weighted by molar-refractivity contribution is 5.92. The van der Waals surface area contributed by atoms with Crippen LogP contribution in [-0.4, -0.2) is 25.5 Å². The maximum Gasteiger partial charge on any atom is 0.253 e. The summed E-state index contributed by atoms with van der Waals surface area (Å²) in [5, 5.41) is 6.33. The number of anilines is 3. The van der Waals surface area contributed by atoms with Crippen molar-refractivity contribution >= 4 is 23.0 Å². The standard InChI is InChI=1S/C25H33N3O3/c1-2-17-8-12-20(13-9-17)27-25(31)19-10-6-18(7-11-19)16-26-21-22(24(30)23(21)29)28-14-4-3-5-15-28/h8-9,12-13,18-19,26H,2-7,10-11,14-16H2,1H3,(H,27,31). The number of hydrogen-bond acceptors (Lipinski definition) is 5. The van der Waals surface area contributed by atoms with Gasteiger partial charge in [0.15, 0.2) is 0 Å². The molecule has 6 nitrogen and oxygen atoms in total. The Bertz CT molecular complexity index is 961. The minimum Gasteiger partial charge on any atom is -0.380 e. The SMILES string of the molecule is CCc1ccc(NC(=O)C2CCC(CNc3c(N4CCCCC4)c(=O)c3=O)CC2)cc1. The molecule has 2 aromatic carbocycles. The first-order valence-electron chi connectivity index (χ1n) is 11.8. The van der Waals surface area contributed by atoms with Gasteiger partial charge >= 0.3 is 0 Å². The van der Waals surface area contributed by atoms with Gasteiger partial charge in [0.25, 0.3) is 10.9 Å². The summed E-state index contributed by atoms with van der Waals surface area (Å²) >= 11 is 0. The van der Waals surface area contributed by atoms with E-state index in [2.05, 4.69) is 34.6 Å². The minimum absolute atomic E-state index is 0.0390. The van der Waals surface area contributed by atoms with Crippen LogP contribution in [0.15, 0.2) is 33.9 Å². The van der Waals surface area contributed by atoms with Crippen molar-refractivity contribution in [3.63, 3.8) is 0 Å². The van der Waals surface area contributed by atoms with E-state index in [1.807, 2.05) is 12.1 Å². The van der Waals surface area contributed by atoms with E-state index in [1.54, 1.807) is 0 Å². The van der Waals surface area contributed by atoms with E-state index in [0.717, 1.165) is 63.7 Å². The average Bonchev–Trinajstić information content (AvgIpc) is 2.82. The summed E-state index contributed by atoms with van der Waals surface area (Å²) < 4.78 is 0. The molecule has 2 aromatic rings. The van der Waals surface area contributed by atoms with Crippen LogP contribution in [0.2, 0.25) is 0 Å². The van der Waals surface area contributed by atoms with E-state index in [4.69, 9.17) is 0 Å². The van der Waals surface area contributed by atoms with Crippen molar-refractivity contribution in [3.05, 3.63) is 50.3 Å². The van der Waals surface area contributed by atoms with E-state index in [0.29, 0.717) is 23.8 Å². The molecule has 0 bridgehead atoms. The molecule has 2 N–H and O–H groups in total. The number of carbonyl (C=O) groups excluding carboxylic acids is 1. The first-order valence-corrected chi connectivity index (χ1v) is 11.8. The Kier molecular flexibility index (Phi) is 6.73. The van der Waals surface area contributed by atoms with Crippen LogP contribution in [0.3, 0.4) is 0 Å². The molecule has 31 heavy (non-hydrogen) atoms. The van der Waals surface area contributed by atoms with Gasteiger partial charge < -0.3 is 15.5 Å². The summed E-state index contributed by atoms with van der Waals surface area (Å²) in [4.78, 5) is 38.9. The van der Waals surface area contributed by atoms with Gasteiger partial charge in [-0.25, -0.2) is 0 Å². The zero-order chi connectivity index (χ0) is 21.8. The predicted octanol–water partition coefficient (Wildman–Crippen LogP) is 3.69. The van der Waals surface area contributed by atoms with Crippen molar-refractivity contribution < 1.29 is 4.79 Å². The number of carbonyl (C=O) groups is 1. The minimum atomic E-state index is -0.372. The van der Waals surface area contributed by atoms with Gasteiger partial charge in [-0.2, -0.15) is 0 Å². The van der Waals surface area contributed by atoms with Gasteiger partial charge in [0.2, 0.25) is 5.91 Å². The molecular formula is C25H33N3O3. The number of nitrogens with one attached hydrogen (secondary N) is 2. The van der Waals surface area contributed by atoms with Gasteiger partial charge in [-0.15, -0.1) is 0 Å². The van der Waals surface area contributed by atoms with Crippen LogP contribution in [-0.2, 0) is 11.2 Å². The second-order valence-corrected chi connectivity index (χ2v) is 9.07. The molecule has 0 unspecified atom stereocenters. The molecule has 0 radical (unpaired) electrons. The van der Waals surface area contributed by atoms with Gasteiger partial charge in [-0.3, -0.25) is 14.4 Å². The maximum absolute atomic E-state index is 12.6. The van der Waals surface area contributed by atoms with Crippen molar-refractivity contribution in [2.75, 3.05) is 35.2 Å². The second kappa shape index (κ2) is 9.67. The Morgan fingerprint density at radius 1 is 0.968 bits per heavy atom. The van der Waals surface area contributed by atoms with Crippen molar-refractivity contribution in [1.82, 2.24) is 0 Å². The van der Waals surface area contributed by atoms with E-state index >= 15 is 0 Å². The Morgan fingerprint density at radius 2 is 1.65 bits per heavy atom. The number of amides is 1. The third kappa shape index (κ3) is 4.83. The summed E-state index contributed by atoms with van der Waals surface area (Å²) in [6, 6.07) is 8.04. The third-order valence-corrected chi connectivity index (χ3v) is 6.97. The van der Waals surface area contributed by atoms with Crippen LogP contribution in [0.1, 0.15) is 57.4 Å². The fourth-order valence-corrected chi connectivity index (χ4v) is 4.91. The zero-order valence-electron chi connectivity index (χ0n) is 18.4. The van der Waals surface area contributed by atoms with Crippen molar-refractivity contribution in [2.24, 2.45) is 11.8 Å². The molecular weight excluding hydrogens is 390 g/mol. The highest BCUT2D eigenvalue weighted by Gasteiger charge is 2.29. The van der Waals surface area contributed by atoms with Crippen LogP contribution in [0.4, 0.5) is 17.1 Å². The molecule has 1 aliphatic carbocycles. The van der Waals surface area contributed by atoms with Gasteiger partial charge in [0.05, 0.1) is 0 Å². The third-order valence-electron chi connectivity index (χ3n) is 6.97. The highest BCUT2D eigenvalue weighted by Crippen LogP contribution is 2.31. The van der Waals surface area contributed by atoms with Gasteiger partial charge in [0.1, 0.15) is 11.4 Å². The molecule has 0 aromatic heterocycles. The first kappa shape index (κ1) is 21.6. The first-order chi connectivity index (χ1) is 15.1. The Labute approximate surface area is 183 Å². The highest BCUT2D eigenvalue weighted by atomic mass is 16.2. The van der Waals surface area contributed by atoms with E-state index < -0.39 is 0 Å². The summed E-state index contributed by atoms with van der Waals surface area (Å²) in [5.41, 5.74) is 2.53. The van der Waals surface area contributed by atoms with Crippen LogP contribution in [0.5, 0.6) is 0 Å². The number of piperidine rings is 1. The van der Waals surface area contributed by atoms with Crippen LogP contribution < -0.4 is 26.4 Å². The molecule has 1 saturated heterocycles. The molecule has 2 fully saturated rings. The second-order valence-electron chi connectivity index (χ2n) is 9.07. The number of aryl methyl sites for hydroxylation is 1. The number of nitrogens with zero attached hydrogens (tertiary/aromatic N) is 1. The largest absolute Gasteiger partial charge is 0.380 e. The van der Waals surface area contributed by atoms with Crippen molar-refractivity contribution in [1.29, 1.82) is 0 Å². The average molecular weight is 424 g/mol. The molecule has 4 rings (SSSR count). The molecule has 1 aliphatic heterocycles. The Hall–Kier alpha value is -2.63. The fourth-order valence-electron chi connectivity index (χ4n) is 4.91. The maximum atomic E-state index is 12.6. The molecule has 2 aliphatic rings. The normalized spacial score (nSPS) is 21.8. The van der Waals surface area contributed by atoms with Gasteiger partial charge in [0, 0.05) is 31.2 Å². The van der Waals surface area contributed by atoms with Crippen molar-refractivity contribution in [2.45, 2.75) is 58.3 Å². The lowest BCUT2D eigenvalue weighted by Crippen LogP contribution is -2.45. The fraction of sp³-hybridized carbons (Fsp3) is 0.560. The lowest BCUT2D eigenvalue weighted by molar-refractivity contribution is -0.121. The Morgan fingerprint density at radius 3 is 2.29 bits per heavy atom. The smallest absolute Gasteiger partial charge is 0.253 e. The molecule has 1 saturated carbocycles. The van der Waals surface area contributed by atoms with E-state index in [9.17, 15) is 14.4 Å². The number of hydrogen-bond donors (Lipinski definition) is 2. The van der Waals surface area contributed by atoms with Crippen LogP contribution in [0.25, 0.3) is 0 Å². The quantitative estimate of drug-likeness (QED) is 0.664.